The molecule has 0 saturated carbocycles. The van der Waals surface area contributed by atoms with Gasteiger partial charge in [-0.1, -0.05) is 68.4 Å². The second-order valence-electron chi connectivity index (χ2n) is 8.74. The Morgan fingerprint density at radius 3 is 2.48 bits per heavy atom. The van der Waals surface area contributed by atoms with Gasteiger partial charge in [0.05, 0.1) is 5.92 Å². The SMILES string of the molecule is CC(C)(C)c1ccc(C(=O)N2CCCC(c3nc(-c4ccccc4)no3)C2)cc1. The number of carbonyl (C=O) groups is 1. The topological polar surface area (TPSA) is 59.2 Å². The molecule has 1 aliphatic rings. The molecule has 1 saturated heterocycles. The number of amides is 1. The van der Waals surface area contributed by atoms with Crippen LogP contribution in [0.2, 0.25) is 0 Å². The Hall–Kier alpha value is -2.95. The normalized spacial score (nSPS) is 17.3. The van der Waals surface area contributed by atoms with Crippen LogP contribution in [-0.2, 0) is 5.41 Å². The van der Waals surface area contributed by atoms with Crippen molar-refractivity contribution in [1.29, 1.82) is 0 Å². The first-order chi connectivity index (χ1) is 13.9. The first-order valence-electron chi connectivity index (χ1n) is 10.2. The van der Waals surface area contributed by atoms with Gasteiger partial charge >= 0.3 is 0 Å². The molecule has 0 radical (unpaired) electrons. The molecule has 1 amide bonds. The fraction of sp³-hybridized carbons (Fsp3) is 0.375. The van der Waals surface area contributed by atoms with E-state index in [-0.39, 0.29) is 17.2 Å². The molecule has 5 heteroatoms. The summed E-state index contributed by atoms with van der Waals surface area (Å²) in [5.74, 6) is 1.36. The molecule has 0 N–H and O–H groups in total. The minimum Gasteiger partial charge on any atom is -0.339 e. The minimum absolute atomic E-state index is 0.0676. The van der Waals surface area contributed by atoms with E-state index in [1.807, 2.05) is 47.4 Å². The predicted molar refractivity (Wildman–Crippen MR) is 113 cm³/mol. The third-order valence-electron chi connectivity index (χ3n) is 5.53. The molecular weight excluding hydrogens is 362 g/mol. The Bertz CT molecular complexity index is 971. The van der Waals surface area contributed by atoms with Gasteiger partial charge in [-0.2, -0.15) is 4.98 Å². The molecule has 4 rings (SSSR count). The smallest absolute Gasteiger partial charge is 0.253 e. The van der Waals surface area contributed by atoms with Gasteiger partial charge in [-0.05, 0) is 36.0 Å². The van der Waals surface area contributed by atoms with Crippen molar-refractivity contribution in [2.45, 2.75) is 44.9 Å². The van der Waals surface area contributed by atoms with E-state index in [2.05, 4.69) is 43.0 Å². The van der Waals surface area contributed by atoms with Gasteiger partial charge in [-0.3, -0.25) is 4.79 Å². The van der Waals surface area contributed by atoms with Crippen LogP contribution in [0.5, 0.6) is 0 Å². The lowest BCUT2D eigenvalue weighted by molar-refractivity contribution is 0.0695. The highest BCUT2D eigenvalue weighted by Gasteiger charge is 2.29. The zero-order valence-corrected chi connectivity index (χ0v) is 17.3. The summed E-state index contributed by atoms with van der Waals surface area (Å²) < 4.78 is 5.55. The second kappa shape index (κ2) is 7.82. The second-order valence-corrected chi connectivity index (χ2v) is 8.74. The molecule has 0 aliphatic carbocycles. The van der Waals surface area contributed by atoms with Crippen LogP contribution in [0, 0.1) is 0 Å². The number of benzene rings is 2. The van der Waals surface area contributed by atoms with Crippen LogP contribution in [0.1, 0.15) is 61.3 Å². The molecule has 1 unspecified atom stereocenters. The van der Waals surface area contributed by atoms with Crippen molar-refractivity contribution in [2.24, 2.45) is 0 Å². The first kappa shape index (κ1) is 19.4. The molecule has 0 spiro atoms. The summed E-state index contributed by atoms with van der Waals surface area (Å²) in [5, 5.41) is 4.13. The third-order valence-corrected chi connectivity index (χ3v) is 5.53. The summed E-state index contributed by atoms with van der Waals surface area (Å²) in [7, 11) is 0. The molecule has 0 bridgehead atoms. The lowest BCUT2D eigenvalue weighted by atomic mass is 9.86. The number of carbonyl (C=O) groups excluding carboxylic acids is 1. The zero-order chi connectivity index (χ0) is 20.4. The van der Waals surface area contributed by atoms with Crippen LogP contribution in [-0.4, -0.2) is 34.0 Å². The van der Waals surface area contributed by atoms with E-state index < -0.39 is 0 Å². The number of rotatable bonds is 3. The van der Waals surface area contributed by atoms with Crippen molar-refractivity contribution in [3.8, 4) is 11.4 Å². The summed E-state index contributed by atoms with van der Waals surface area (Å²) in [6, 6.07) is 17.8. The van der Waals surface area contributed by atoms with E-state index in [1.165, 1.54) is 5.56 Å². The fourth-order valence-corrected chi connectivity index (χ4v) is 3.76. The van der Waals surface area contributed by atoms with Gasteiger partial charge in [0.25, 0.3) is 5.91 Å². The van der Waals surface area contributed by atoms with Crippen LogP contribution in [0.3, 0.4) is 0 Å². The predicted octanol–water partition coefficient (Wildman–Crippen LogP) is 5.05. The molecule has 1 aromatic heterocycles. The third kappa shape index (κ3) is 4.24. The molecule has 5 nitrogen and oxygen atoms in total. The van der Waals surface area contributed by atoms with E-state index in [0.29, 0.717) is 18.3 Å². The van der Waals surface area contributed by atoms with E-state index in [0.717, 1.165) is 30.5 Å². The summed E-state index contributed by atoms with van der Waals surface area (Å²) in [5.41, 5.74) is 2.97. The van der Waals surface area contributed by atoms with Crippen molar-refractivity contribution in [3.63, 3.8) is 0 Å². The molecule has 1 aliphatic heterocycles. The van der Waals surface area contributed by atoms with Crippen LogP contribution >= 0.6 is 0 Å². The van der Waals surface area contributed by atoms with Crippen molar-refractivity contribution >= 4 is 5.91 Å². The maximum Gasteiger partial charge on any atom is 0.253 e. The number of piperidine rings is 1. The van der Waals surface area contributed by atoms with Crippen LogP contribution in [0.4, 0.5) is 0 Å². The Morgan fingerprint density at radius 1 is 1.07 bits per heavy atom. The molecule has 150 valence electrons. The molecule has 29 heavy (non-hydrogen) atoms. The average Bonchev–Trinajstić information content (AvgIpc) is 3.24. The minimum atomic E-state index is 0.0676. The first-order valence-corrected chi connectivity index (χ1v) is 10.2. The van der Waals surface area contributed by atoms with E-state index >= 15 is 0 Å². The summed E-state index contributed by atoms with van der Waals surface area (Å²) in [6.07, 6.45) is 1.88. The van der Waals surface area contributed by atoms with Gasteiger partial charge in [0.1, 0.15) is 0 Å². The highest BCUT2D eigenvalue weighted by Crippen LogP contribution is 2.29. The van der Waals surface area contributed by atoms with Crippen LogP contribution in [0.15, 0.2) is 59.1 Å². The molecule has 1 fully saturated rings. The van der Waals surface area contributed by atoms with Crippen LogP contribution in [0.25, 0.3) is 11.4 Å². The Kier molecular flexibility index (Phi) is 5.22. The Balaban J connectivity index is 1.47. The Labute approximate surface area is 171 Å². The summed E-state index contributed by atoms with van der Waals surface area (Å²) >= 11 is 0. The van der Waals surface area contributed by atoms with Crippen molar-refractivity contribution < 1.29 is 9.32 Å². The van der Waals surface area contributed by atoms with Gasteiger partial charge in [0.15, 0.2) is 0 Å². The van der Waals surface area contributed by atoms with Gasteiger partial charge in [0.2, 0.25) is 11.7 Å². The average molecular weight is 389 g/mol. The fourth-order valence-electron chi connectivity index (χ4n) is 3.76. The number of hydrogen-bond acceptors (Lipinski definition) is 4. The molecule has 1 atom stereocenters. The Morgan fingerprint density at radius 2 is 1.79 bits per heavy atom. The van der Waals surface area contributed by atoms with E-state index in [1.54, 1.807) is 0 Å². The number of likely N-dealkylation sites (tertiary alicyclic amines) is 1. The van der Waals surface area contributed by atoms with E-state index in [9.17, 15) is 4.79 Å². The van der Waals surface area contributed by atoms with E-state index in [4.69, 9.17) is 4.52 Å². The lowest BCUT2D eigenvalue weighted by Crippen LogP contribution is -2.39. The van der Waals surface area contributed by atoms with Gasteiger partial charge in [-0.25, -0.2) is 0 Å². The standard InChI is InChI=1S/C24H27N3O2/c1-24(2,3)20-13-11-18(12-14-20)23(28)27-15-7-10-19(16-27)22-25-21(26-29-22)17-8-5-4-6-9-17/h4-6,8-9,11-14,19H,7,10,15-16H2,1-3H3. The zero-order valence-electron chi connectivity index (χ0n) is 17.3. The molecule has 2 aromatic carbocycles. The van der Waals surface area contributed by atoms with Gasteiger partial charge in [-0.15, -0.1) is 0 Å². The summed E-state index contributed by atoms with van der Waals surface area (Å²) in [6.45, 7) is 7.89. The lowest BCUT2D eigenvalue weighted by Gasteiger charge is -2.31. The van der Waals surface area contributed by atoms with Gasteiger partial charge in [0, 0.05) is 24.2 Å². The maximum atomic E-state index is 13.0. The highest BCUT2D eigenvalue weighted by atomic mass is 16.5. The van der Waals surface area contributed by atoms with Gasteiger partial charge < -0.3 is 9.42 Å². The van der Waals surface area contributed by atoms with Crippen molar-refractivity contribution in [2.75, 3.05) is 13.1 Å². The molecule has 2 heterocycles. The monoisotopic (exact) mass is 389 g/mol. The largest absolute Gasteiger partial charge is 0.339 e. The number of nitrogens with zero attached hydrogens (tertiary/aromatic N) is 3. The molecular formula is C24H27N3O2. The maximum absolute atomic E-state index is 13.0. The van der Waals surface area contributed by atoms with Crippen LogP contribution < -0.4 is 0 Å². The van der Waals surface area contributed by atoms with Crippen molar-refractivity contribution in [1.82, 2.24) is 15.0 Å². The number of hydrogen-bond donors (Lipinski definition) is 0. The number of aromatic nitrogens is 2. The quantitative estimate of drug-likeness (QED) is 0.629. The highest BCUT2D eigenvalue weighted by molar-refractivity contribution is 5.94. The molecule has 3 aromatic rings. The summed E-state index contributed by atoms with van der Waals surface area (Å²) in [4.78, 5) is 19.5. The van der Waals surface area contributed by atoms with Crippen molar-refractivity contribution in [3.05, 3.63) is 71.6 Å².